The number of carbonyl (C=O) groups is 1. The number of ether oxygens (including phenoxy) is 2. The topological polar surface area (TPSA) is 62.2 Å². The predicted molar refractivity (Wildman–Crippen MR) is 139 cm³/mol. The first kappa shape index (κ1) is 25.7. The number of benzene rings is 3. The van der Waals surface area contributed by atoms with Gasteiger partial charge in [0.05, 0.1) is 6.04 Å². The molecule has 5 rings (SSSR count). The van der Waals surface area contributed by atoms with E-state index in [2.05, 4.69) is 4.90 Å². The highest BCUT2D eigenvalue weighted by Crippen LogP contribution is 2.42. The second kappa shape index (κ2) is 10.1. The summed E-state index contributed by atoms with van der Waals surface area (Å²) >= 11 is 0. The molecule has 2 heterocycles. The molecule has 8 heteroatoms. The van der Waals surface area contributed by atoms with E-state index >= 15 is 0 Å². The zero-order valence-electron chi connectivity index (χ0n) is 21.6. The van der Waals surface area contributed by atoms with Crippen LogP contribution in [-0.4, -0.2) is 47.0 Å². The Morgan fingerprint density at radius 1 is 0.868 bits per heavy atom. The fourth-order valence-electron chi connectivity index (χ4n) is 4.92. The number of amides is 1. The second-order valence-corrected chi connectivity index (χ2v) is 10.6. The molecule has 1 saturated heterocycles. The minimum Gasteiger partial charge on any atom is -0.508 e. The van der Waals surface area contributed by atoms with Crippen molar-refractivity contribution < 1.29 is 28.2 Å². The van der Waals surface area contributed by atoms with Crippen LogP contribution < -0.4 is 9.47 Å². The van der Waals surface area contributed by atoms with Crippen molar-refractivity contribution in [2.45, 2.75) is 32.2 Å². The van der Waals surface area contributed by atoms with Crippen molar-refractivity contribution >= 4 is 5.91 Å². The van der Waals surface area contributed by atoms with Gasteiger partial charge in [-0.3, -0.25) is 9.69 Å². The van der Waals surface area contributed by atoms with Gasteiger partial charge in [-0.25, -0.2) is 8.78 Å². The van der Waals surface area contributed by atoms with Gasteiger partial charge in [0.15, 0.2) is 11.5 Å². The summed E-state index contributed by atoms with van der Waals surface area (Å²) in [6.07, 6.45) is 1.27. The number of phenols is 1. The van der Waals surface area contributed by atoms with Crippen molar-refractivity contribution in [3.05, 3.63) is 101 Å². The zero-order chi connectivity index (χ0) is 27.0. The highest BCUT2D eigenvalue weighted by molar-refractivity contribution is 5.92. The number of carbonyl (C=O) groups excluding carboxylic acids is 1. The third kappa shape index (κ3) is 5.22. The summed E-state index contributed by atoms with van der Waals surface area (Å²) in [5.41, 5.74) is 2.14. The summed E-state index contributed by atoms with van der Waals surface area (Å²) in [5.74, 6) is -0.0297. The SMILES string of the molecule is CC(C)(C)c1cc2c(cc1O)OC=C(C(=O)N1CCN(C(c3ccc(F)cc3)c3ccc(F)cc3)CC1)O2. The average Bonchev–Trinajstić information content (AvgIpc) is 2.90. The van der Waals surface area contributed by atoms with Crippen molar-refractivity contribution in [3.63, 3.8) is 0 Å². The Balaban J connectivity index is 1.30. The van der Waals surface area contributed by atoms with E-state index in [1.54, 1.807) is 35.2 Å². The molecule has 1 amide bonds. The largest absolute Gasteiger partial charge is 0.508 e. The number of piperazine rings is 1. The lowest BCUT2D eigenvalue weighted by molar-refractivity contribution is -0.131. The first-order chi connectivity index (χ1) is 18.1. The maximum Gasteiger partial charge on any atom is 0.292 e. The van der Waals surface area contributed by atoms with Gasteiger partial charge in [-0.1, -0.05) is 45.0 Å². The van der Waals surface area contributed by atoms with Gasteiger partial charge in [0.25, 0.3) is 5.91 Å². The molecule has 198 valence electrons. The molecule has 0 radical (unpaired) electrons. The third-order valence-electron chi connectivity index (χ3n) is 6.93. The monoisotopic (exact) mass is 520 g/mol. The Kier molecular flexibility index (Phi) is 6.84. The van der Waals surface area contributed by atoms with Crippen molar-refractivity contribution in [3.8, 4) is 17.2 Å². The van der Waals surface area contributed by atoms with Crippen LogP contribution in [0, 0.1) is 11.6 Å². The van der Waals surface area contributed by atoms with Gasteiger partial charge in [0.2, 0.25) is 5.76 Å². The van der Waals surface area contributed by atoms with Crippen LogP contribution in [-0.2, 0) is 10.2 Å². The Bertz CT molecular complexity index is 1310. The van der Waals surface area contributed by atoms with Gasteiger partial charge in [0.1, 0.15) is 23.6 Å². The van der Waals surface area contributed by atoms with Crippen LogP contribution in [0.5, 0.6) is 17.2 Å². The predicted octanol–water partition coefficient (Wildman–Crippen LogP) is 5.51. The van der Waals surface area contributed by atoms with Gasteiger partial charge in [0, 0.05) is 37.8 Å². The van der Waals surface area contributed by atoms with Crippen LogP contribution in [0.15, 0.2) is 72.7 Å². The highest BCUT2D eigenvalue weighted by Gasteiger charge is 2.32. The summed E-state index contributed by atoms with van der Waals surface area (Å²) in [6.45, 7) is 7.91. The number of aromatic hydroxyl groups is 1. The smallest absolute Gasteiger partial charge is 0.292 e. The molecule has 1 fully saturated rings. The van der Waals surface area contributed by atoms with Crippen molar-refractivity contribution in [1.82, 2.24) is 9.80 Å². The molecule has 0 unspecified atom stereocenters. The summed E-state index contributed by atoms with van der Waals surface area (Å²) in [4.78, 5) is 17.2. The van der Waals surface area contributed by atoms with E-state index in [1.165, 1.54) is 36.6 Å². The molecule has 2 aliphatic rings. The third-order valence-corrected chi connectivity index (χ3v) is 6.93. The molecule has 38 heavy (non-hydrogen) atoms. The van der Waals surface area contributed by atoms with Crippen LogP contribution in [0.3, 0.4) is 0 Å². The molecular formula is C30H30F2N2O4. The van der Waals surface area contributed by atoms with E-state index in [9.17, 15) is 18.7 Å². The van der Waals surface area contributed by atoms with E-state index in [0.717, 1.165) is 11.1 Å². The lowest BCUT2D eigenvalue weighted by Crippen LogP contribution is -2.50. The molecule has 0 spiro atoms. The normalized spacial score (nSPS) is 15.9. The summed E-state index contributed by atoms with van der Waals surface area (Å²) in [6, 6.07) is 15.6. The van der Waals surface area contributed by atoms with E-state index in [4.69, 9.17) is 9.47 Å². The van der Waals surface area contributed by atoms with Crippen LogP contribution >= 0.6 is 0 Å². The highest BCUT2D eigenvalue weighted by atomic mass is 19.1. The lowest BCUT2D eigenvalue weighted by atomic mass is 9.86. The van der Waals surface area contributed by atoms with Crippen LogP contribution in [0.25, 0.3) is 0 Å². The van der Waals surface area contributed by atoms with Crippen LogP contribution in [0.4, 0.5) is 8.78 Å². The summed E-state index contributed by atoms with van der Waals surface area (Å²) in [5, 5.41) is 10.4. The molecule has 0 atom stereocenters. The molecule has 2 aliphatic heterocycles. The number of hydrogen-bond acceptors (Lipinski definition) is 5. The first-order valence-corrected chi connectivity index (χ1v) is 12.6. The Labute approximate surface area is 220 Å². The van der Waals surface area contributed by atoms with Gasteiger partial charge in [-0.05, 0) is 46.9 Å². The minimum atomic E-state index is -0.324. The Hall–Kier alpha value is -3.91. The molecule has 3 aromatic rings. The van der Waals surface area contributed by atoms with E-state index < -0.39 is 0 Å². The Morgan fingerprint density at radius 2 is 1.42 bits per heavy atom. The van der Waals surface area contributed by atoms with E-state index in [-0.39, 0.29) is 40.5 Å². The number of rotatable bonds is 4. The number of hydrogen-bond donors (Lipinski definition) is 1. The molecule has 0 bridgehead atoms. The maximum absolute atomic E-state index is 13.6. The molecule has 3 aromatic carbocycles. The van der Waals surface area contributed by atoms with Gasteiger partial charge < -0.3 is 19.5 Å². The average molecular weight is 521 g/mol. The lowest BCUT2D eigenvalue weighted by Gasteiger charge is -2.40. The second-order valence-electron chi connectivity index (χ2n) is 10.6. The Morgan fingerprint density at radius 3 is 1.95 bits per heavy atom. The molecule has 0 aliphatic carbocycles. The van der Waals surface area contributed by atoms with E-state index in [1.807, 2.05) is 20.8 Å². The van der Waals surface area contributed by atoms with Crippen LogP contribution in [0.1, 0.15) is 43.5 Å². The molecule has 0 aromatic heterocycles. The number of halogens is 2. The number of nitrogens with zero attached hydrogens (tertiary/aromatic N) is 2. The number of fused-ring (bicyclic) bond motifs is 1. The minimum absolute atomic E-state index is 0.0742. The first-order valence-electron chi connectivity index (χ1n) is 12.6. The van der Waals surface area contributed by atoms with Crippen LogP contribution in [0.2, 0.25) is 0 Å². The van der Waals surface area contributed by atoms with Gasteiger partial charge in [-0.2, -0.15) is 0 Å². The summed E-state index contributed by atoms with van der Waals surface area (Å²) in [7, 11) is 0. The fraction of sp³-hybridized carbons (Fsp3) is 0.300. The fourth-order valence-corrected chi connectivity index (χ4v) is 4.92. The van der Waals surface area contributed by atoms with Gasteiger partial charge >= 0.3 is 0 Å². The van der Waals surface area contributed by atoms with Crippen molar-refractivity contribution in [2.75, 3.05) is 26.2 Å². The maximum atomic E-state index is 13.6. The molecule has 0 saturated carbocycles. The molecular weight excluding hydrogens is 490 g/mol. The number of phenolic OH excluding ortho intramolecular Hbond substituents is 1. The molecule has 6 nitrogen and oxygen atoms in total. The van der Waals surface area contributed by atoms with Crippen molar-refractivity contribution in [2.24, 2.45) is 0 Å². The van der Waals surface area contributed by atoms with Crippen molar-refractivity contribution in [1.29, 1.82) is 0 Å². The van der Waals surface area contributed by atoms with Gasteiger partial charge in [-0.15, -0.1) is 0 Å². The zero-order valence-corrected chi connectivity index (χ0v) is 21.6. The van der Waals surface area contributed by atoms with E-state index in [0.29, 0.717) is 43.2 Å². The summed E-state index contributed by atoms with van der Waals surface area (Å²) < 4.78 is 38.8. The standard InChI is InChI=1S/C30H30F2N2O4/c1-30(2,3)23-16-26-25(17-24(23)35)37-18-27(38-26)29(36)34-14-12-33(13-15-34)28(19-4-8-21(31)9-5-19)20-6-10-22(32)11-7-20/h4-11,16-18,28,35H,12-15H2,1-3H3. The quantitative estimate of drug-likeness (QED) is 0.491. The molecule has 1 N–H and O–H groups in total.